The summed E-state index contributed by atoms with van der Waals surface area (Å²) in [5.74, 6) is 7.44. The predicted octanol–water partition coefficient (Wildman–Crippen LogP) is 0.422. The van der Waals surface area contributed by atoms with Crippen LogP contribution in [0, 0.1) is 6.92 Å². The molecule has 4 N–H and O–H groups in total. The molecule has 0 aromatic carbocycles. The molecule has 0 bridgehead atoms. The van der Waals surface area contributed by atoms with Crippen molar-refractivity contribution in [2.75, 3.05) is 23.4 Å². The van der Waals surface area contributed by atoms with E-state index in [0.717, 1.165) is 25.2 Å². The molecule has 1 aliphatic heterocycles. The normalized spacial score (nSPS) is 24.8. The molecule has 0 saturated carbocycles. The van der Waals surface area contributed by atoms with Gasteiger partial charge in [-0.2, -0.15) is 0 Å². The lowest BCUT2D eigenvalue weighted by molar-refractivity contribution is 0.0447. The Labute approximate surface area is 101 Å². The van der Waals surface area contributed by atoms with Crippen molar-refractivity contribution < 1.29 is 5.11 Å². The number of hydrazine groups is 1. The molecule has 6 heteroatoms. The number of aryl methyl sites for hydroxylation is 1. The van der Waals surface area contributed by atoms with E-state index in [1.54, 1.807) is 6.07 Å². The van der Waals surface area contributed by atoms with Crippen LogP contribution in [-0.4, -0.2) is 33.8 Å². The van der Waals surface area contributed by atoms with Gasteiger partial charge in [-0.05, 0) is 26.7 Å². The highest BCUT2D eigenvalue weighted by molar-refractivity contribution is 5.49. The third-order valence-electron chi connectivity index (χ3n) is 2.97. The van der Waals surface area contributed by atoms with Crippen molar-refractivity contribution in [3.05, 3.63) is 11.9 Å². The minimum atomic E-state index is -0.645. The van der Waals surface area contributed by atoms with E-state index in [2.05, 4.69) is 20.3 Å². The molecule has 2 rings (SSSR count). The lowest BCUT2D eigenvalue weighted by atomic mass is 9.95. The van der Waals surface area contributed by atoms with Crippen LogP contribution in [0.5, 0.6) is 0 Å². The van der Waals surface area contributed by atoms with Gasteiger partial charge in [0.05, 0.1) is 5.60 Å². The molecule has 1 fully saturated rings. The number of anilines is 2. The molecule has 0 spiro atoms. The van der Waals surface area contributed by atoms with E-state index < -0.39 is 5.60 Å². The van der Waals surface area contributed by atoms with Crippen LogP contribution in [0.2, 0.25) is 0 Å². The van der Waals surface area contributed by atoms with Crippen molar-refractivity contribution in [1.82, 2.24) is 9.97 Å². The lowest BCUT2D eigenvalue weighted by Crippen LogP contribution is -2.46. The fraction of sp³-hybridized carbons (Fsp3) is 0.636. The molecule has 1 unspecified atom stereocenters. The largest absolute Gasteiger partial charge is 0.388 e. The van der Waals surface area contributed by atoms with Gasteiger partial charge in [0.25, 0.3) is 0 Å². The van der Waals surface area contributed by atoms with Crippen LogP contribution in [0.4, 0.5) is 11.6 Å². The molecule has 1 aliphatic rings. The summed E-state index contributed by atoms with van der Waals surface area (Å²) >= 11 is 0. The van der Waals surface area contributed by atoms with Crippen molar-refractivity contribution >= 4 is 11.6 Å². The molecule has 0 radical (unpaired) electrons. The third kappa shape index (κ3) is 2.83. The van der Waals surface area contributed by atoms with E-state index in [4.69, 9.17) is 5.84 Å². The van der Waals surface area contributed by atoms with Gasteiger partial charge in [0.15, 0.2) is 0 Å². The number of β-amino-alcohol motifs (C(OH)–C–C–N with tert-alkyl or cyclic N) is 1. The number of piperidine rings is 1. The van der Waals surface area contributed by atoms with Crippen molar-refractivity contribution in [3.8, 4) is 0 Å². The Kier molecular flexibility index (Phi) is 3.17. The van der Waals surface area contributed by atoms with Crippen LogP contribution < -0.4 is 16.2 Å². The molecule has 6 nitrogen and oxygen atoms in total. The Morgan fingerprint density at radius 2 is 2.29 bits per heavy atom. The van der Waals surface area contributed by atoms with Crippen LogP contribution in [0.3, 0.4) is 0 Å². The highest BCUT2D eigenvalue weighted by atomic mass is 16.3. The second-order valence-corrected chi connectivity index (χ2v) is 4.82. The zero-order chi connectivity index (χ0) is 12.5. The fourth-order valence-corrected chi connectivity index (χ4v) is 2.20. The number of nitrogen functional groups attached to an aromatic ring is 1. The van der Waals surface area contributed by atoms with Gasteiger partial charge in [-0.3, -0.25) is 0 Å². The smallest absolute Gasteiger partial charge is 0.145 e. The monoisotopic (exact) mass is 237 g/mol. The number of nitrogens with zero attached hydrogens (tertiary/aromatic N) is 3. The van der Waals surface area contributed by atoms with E-state index in [1.807, 2.05) is 13.8 Å². The summed E-state index contributed by atoms with van der Waals surface area (Å²) in [7, 11) is 0. The first kappa shape index (κ1) is 12.1. The second kappa shape index (κ2) is 4.46. The number of nitrogens with two attached hydrogens (primary N) is 1. The minimum Gasteiger partial charge on any atom is -0.388 e. The summed E-state index contributed by atoms with van der Waals surface area (Å²) in [5, 5.41) is 10.1. The van der Waals surface area contributed by atoms with Gasteiger partial charge in [0.1, 0.15) is 17.5 Å². The maximum absolute atomic E-state index is 10.1. The molecule has 94 valence electrons. The average molecular weight is 237 g/mol. The highest BCUT2D eigenvalue weighted by Crippen LogP contribution is 2.25. The summed E-state index contributed by atoms with van der Waals surface area (Å²) in [6.45, 7) is 5.17. The van der Waals surface area contributed by atoms with Gasteiger partial charge in [-0.1, -0.05) is 0 Å². The van der Waals surface area contributed by atoms with E-state index in [1.165, 1.54) is 0 Å². The quantitative estimate of drug-likeness (QED) is 0.510. The first-order chi connectivity index (χ1) is 8.00. The number of nitrogens with one attached hydrogen (secondary N) is 1. The molecule has 0 amide bonds. The number of aromatic nitrogens is 2. The molecule has 1 saturated heterocycles. The Morgan fingerprint density at radius 1 is 1.53 bits per heavy atom. The molecular weight excluding hydrogens is 218 g/mol. The maximum atomic E-state index is 10.1. The van der Waals surface area contributed by atoms with E-state index in [0.29, 0.717) is 18.2 Å². The first-order valence-electron chi connectivity index (χ1n) is 5.80. The van der Waals surface area contributed by atoms with Crippen molar-refractivity contribution in [1.29, 1.82) is 0 Å². The number of hydrogen-bond acceptors (Lipinski definition) is 6. The summed E-state index contributed by atoms with van der Waals surface area (Å²) < 4.78 is 0. The zero-order valence-electron chi connectivity index (χ0n) is 10.3. The summed E-state index contributed by atoms with van der Waals surface area (Å²) in [5.41, 5.74) is 1.88. The Morgan fingerprint density at radius 3 is 2.94 bits per heavy atom. The van der Waals surface area contributed by atoms with Crippen LogP contribution in [0.1, 0.15) is 25.6 Å². The van der Waals surface area contributed by atoms with E-state index in [-0.39, 0.29) is 0 Å². The summed E-state index contributed by atoms with van der Waals surface area (Å²) in [6.07, 6.45) is 1.79. The molecule has 2 heterocycles. The highest BCUT2D eigenvalue weighted by Gasteiger charge is 2.29. The van der Waals surface area contributed by atoms with E-state index >= 15 is 0 Å². The van der Waals surface area contributed by atoms with Crippen molar-refractivity contribution in [3.63, 3.8) is 0 Å². The van der Waals surface area contributed by atoms with Gasteiger partial charge in [-0.25, -0.2) is 15.8 Å². The fourth-order valence-electron chi connectivity index (χ4n) is 2.20. The van der Waals surface area contributed by atoms with Gasteiger partial charge < -0.3 is 15.4 Å². The average Bonchev–Trinajstić information content (AvgIpc) is 2.27. The number of aliphatic hydroxyl groups is 1. The van der Waals surface area contributed by atoms with Crippen LogP contribution >= 0.6 is 0 Å². The van der Waals surface area contributed by atoms with Crippen LogP contribution in [0.25, 0.3) is 0 Å². The SMILES string of the molecule is Cc1nc(NN)cc(N2CCCC(C)(O)C2)n1. The maximum Gasteiger partial charge on any atom is 0.145 e. The first-order valence-corrected chi connectivity index (χ1v) is 5.80. The zero-order valence-corrected chi connectivity index (χ0v) is 10.3. The Hall–Kier alpha value is -1.40. The Balaban J connectivity index is 2.24. The van der Waals surface area contributed by atoms with Crippen LogP contribution in [-0.2, 0) is 0 Å². The molecular formula is C11H19N5O. The van der Waals surface area contributed by atoms with Crippen LogP contribution in [0.15, 0.2) is 6.07 Å². The van der Waals surface area contributed by atoms with Crippen molar-refractivity contribution in [2.24, 2.45) is 5.84 Å². The summed E-state index contributed by atoms with van der Waals surface area (Å²) in [6, 6.07) is 1.80. The molecule has 1 aromatic rings. The van der Waals surface area contributed by atoms with Gasteiger partial charge in [0.2, 0.25) is 0 Å². The molecule has 1 aromatic heterocycles. The predicted molar refractivity (Wildman–Crippen MR) is 66.6 cm³/mol. The third-order valence-corrected chi connectivity index (χ3v) is 2.97. The molecule has 17 heavy (non-hydrogen) atoms. The molecule has 0 aliphatic carbocycles. The van der Waals surface area contributed by atoms with Crippen molar-refractivity contribution in [2.45, 2.75) is 32.3 Å². The van der Waals surface area contributed by atoms with E-state index in [9.17, 15) is 5.11 Å². The van der Waals surface area contributed by atoms with Gasteiger partial charge in [0, 0.05) is 19.2 Å². The topological polar surface area (TPSA) is 87.3 Å². The standard InChI is InChI=1S/C11H19N5O/c1-8-13-9(15-12)6-10(14-8)16-5-3-4-11(2,17)7-16/h6,17H,3-5,7,12H2,1-2H3,(H,13,14,15). The van der Waals surface area contributed by atoms with Gasteiger partial charge >= 0.3 is 0 Å². The Bertz CT molecular complexity index is 407. The summed E-state index contributed by atoms with van der Waals surface area (Å²) in [4.78, 5) is 10.6. The number of rotatable bonds is 2. The van der Waals surface area contributed by atoms with Gasteiger partial charge in [-0.15, -0.1) is 0 Å². The minimum absolute atomic E-state index is 0.591. The lowest BCUT2D eigenvalue weighted by Gasteiger charge is -2.37. The second-order valence-electron chi connectivity index (χ2n) is 4.82. The molecule has 1 atom stereocenters. The number of hydrogen-bond donors (Lipinski definition) is 3.